The quantitative estimate of drug-likeness (QED) is 0.723. The third kappa shape index (κ3) is 2.64. The van der Waals surface area contributed by atoms with E-state index in [0.717, 1.165) is 28.2 Å². The van der Waals surface area contributed by atoms with Crippen LogP contribution >= 0.6 is 23.1 Å². The summed E-state index contributed by atoms with van der Waals surface area (Å²) in [5, 5.41) is 5.71. The third-order valence-corrected chi connectivity index (χ3v) is 4.74. The average molecular weight is 306 g/mol. The Bertz CT molecular complexity index is 709. The van der Waals surface area contributed by atoms with Crippen molar-refractivity contribution in [3.05, 3.63) is 23.4 Å². The molecular formula is C13H14N4OS2. The van der Waals surface area contributed by atoms with Gasteiger partial charge in [-0.15, -0.1) is 11.3 Å². The molecule has 0 bridgehead atoms. The van der Waals surface area contributed by atoms with E-state index in [-0.39, 0.29) is 0 Å². The first-order valence-corrected chi connectivity index (χ1v) is 8.05. The number of nitrogens with zero attached hydrogens (tertiary/aromatic N) is 3. The van der Waals surface area contributed by atoms with Gasteiger partial charge in [0.2, 0.25) is 5.95 Å². The Hall–Kier alpha value is -1.60. The van der Waals surface area contributed by atoms with Crippen molar-refractivity contribution < 1.29 is 4.42 Å². The lowest BCUT2D eigenvalue weighted by Gasteiger charge is -2.04. The summed E-state index contributed by atoms with van der Waals surface area (Å²) in [6.45, 7) is 4.96. The number of fused-ring (bicyclic) bond motifs is 1. The largest absolute Gasteiger partial charge is 0.440 e. The lowest BCUT2D eigenvalue weighted by molar-refractivity contribution is 0.454. The highest BCUT2D eigenvalue weighted by Gasteiger charge is 2.14. The molecule has 5 nitrogen and oxygen atoms in total. The maximum atomic E-state index is 5.29. The van der Waals surface area contributed by atoms with Crippen molar-refractivity contribution in [2.45, 2.75) is 30.5 Å². The van der Waals surface area contributed by atoms with Crippen LogP contribution in [0.5, 0.6) is 0 Å². The second-order valence-electron chi connectivity index (χ2n) is 4.07. The zero-order valence-corrected chi connectivity index (χ0v) is 12.8. The maximum Gasteiger partial charge on any atom is 0.261 e. The smallest absolute Gasteiger partial charge is 0.261 e. The molecule has 3 aromatic heterocycles. The van der Waals surface area contributed by atoms with Crippen molar-refractivity contribution in [1.29, 1.82) is 0 Å². The van der Waals surface area contributed by atoms with E-state index in [9.17, 15) is 0 Å². The molecule has 0 aliphatic rings. The molecule has 0 saturated heterocycles. The first kappa shape index (κ1) is 13.4. The molecule has 0 fully saturated rings. The van der Waals surface area contributed by atoms with Crippen molar-refractivity contribution >= 4 is 39.3 Å². The molecule has 0 spiro atoms. The van der Waals surface area contributed by atoms with Crippen LogP contribution in [0.2, 0.25) is 0 Å². The van der Waals surface area contributed by atoms with E-state index in [2.05, 4.69) is 33.3 Å². The Morgan fingerprint density at radius 3 is 2.95 bits per heavy atom. The van der Waals surface area contributed by atoms with Gasteiger partial charge in [-0.05, 0) is 31.2 Å². The molecule has 0 radical (unpaired) electrons. The molecule has 0 atom stereocenters. The zero-order valence-electron chi connectivity index (χ0n) is 11.2. The third-order valence-electron chi connectivity index (χ3n) is 2.69. The van der Waals surface area contributed by atoms with Crippen LogP contribution in [0.25, 0.3) is 10.2 Å². The van der Waals surface area contributed by atoms with E-state index in [1.165, 1.54) is 16.6 Å². The van der Waals surface area contributed by atoms with Crippen LogP contribution in [0.3, 0.4) is 0 Å². The summed E-state index contributed by atoms with van der Waals surface area (Å²) in [6, 6.07) is 2.15. The number of nitrogens with one attached hydrogen (secondary N) is 1. The van der Waals surface area contributed by atoms with Crippen LogP contribution in [-0.2, 0) is 6.42 Å². The minimum absolute atomic E-state index is 0.594. The van der Waals surface area contributed by atoms with Gasteiger partial charge < -0.3 is 9.73 Å². The van der Waals surface area contributed by atoms with Crippen LogP contribution in [-0.4, -0.2) is 21.5 Å². The van der Waals surface area contributed by atoms with Gasteiger partial charge >= 0.3 is 0 Å². The van der Waals surface area contributed by atoms with Crippen molar-refractivity contribution in [3.8, 4) is 0 Å². The molecule has 20 heavy (non-hydrogen) atoms. The van der Waals surface area contributed by atoms with Crippen LogP contribution in [0.4, 0.5) is 5.95 Å². The summed E-state index contributed by atoms with van der Waals surface area (Å²) in [4.78, 5) is 15.6. The average Bonchev–Trinajstić information content (AvgIpc) is 3.07. The summed E-state index contributed by atoms with van der Waals surface area (Å²) in [7, 11) is 0. The molecular weight excluding hydrogens is 292 g/mol. The summed E-state index contributed by atoms with van der Waals surface area (Å²) in [5.74, 6) is 0.651. The number of aryl methyl sites for hydroxylation is 1. The first-order valence-electron chi connectivity index (χ1n) is 6.41. The molecule has 0 saturated carbocycles. The molecule has 0 amide bonds. The maximum absolute atomic E-state index is 5.29. The molecule has 0 aromatic carbocycles. The van der Waals surface area contributed by atoms with Gasteiger partial charge in [-0.3, -0.25) is 0 Å². The standard InChI is InChI=1S/C13H14N4OS2/c1-3-8-7-9-10(19-8)16-12(14-4-2)17-11(9)20-13-15-5-6-18-13/h5-7H,3-4H2,1-2H3,(H,14,16,17). The fourth-order valence-electron chi connectivity index (χ4n) is 1.78. The fraction of sp³-hybridized carbons (Fsp3) is 0.308. The van der Waals surface area contributed by atoms with Crippen LogP contribution < -0.4 is 5.32 Å². The Labute approximate surface area is 124 Å². The van der Waals surface area contributed by atoms with E-state index in [4.69, 9.17) is 4.42 Å². The molecule has 1 N–H and O–H groups in total. The van der Waals surface area contributed by atoms with Crippen LogP contribution in [0.15, 0.2) is 33.2 Å². The van der Waals surface area contributed by atoms with Crippen LogP contribution in [0, 0.1) is 0 Å². The van der Waals surface area contributed by atoms with E-state index < -0.39 is 0 Å². The molecule has 3 rings (SSSR count). The minimum Gasteiger partial charge on any atom is -0.440 e. The lowest BCUT2D eigenvalue weighted by atomic mass is 10.3. The monoisotopic (exact) mass is 306 g/mol. The van der Waals surface area contributed by atoms with E-state index in [1.54, 1.807) is 23.8 Å². The number of thiophene rings is 1. The van der Waals surface area contributed by atoms with Crippen LogP contribution in [0.1, 0.15) is 18.7 Å². The number of aromatic nitrogens is 3. The van der Waals surface area contributed by atoms with Gasteiger partial charge in [0.1, 0.15) is 16.1 Å². The Morgan fingerprint density at radius 1 is 1.35 bits per heavy atom. The van der Waals surface area contributed by atoms with Gasteiger partial charge in [0.05, 0.1) is 6.20 Å². The Morgan fingerprint density at radius 2 is 2.25 bits per heavy atom. The number of hydrogen-bond donors (Lipinski definition) is 1. The lowest BCUT2D eigenvalue weighted by Crippen LogP contribution is -2.02. The Balaban J connectivity index is 2.08. The number of hydrogen-bond acceptors (Lipinski definition) is 7. The molecule has 104 valence electrons. The minimum atomic E-state index is 0.594. The van der Waals surface area contributed by atoms with Crippen molar-refractivity contribution in [1.82, 2.24) is 15.0 Å². The van der Waals surface area contributed by atoms with E-state index >= 15 is 0 Å². The van der Waals surface area contributed by atoms with Gasteiger partial charge in [-0.25, -0.2) is 15.0 Å². The summed E-state index contributed by atoms with van der Waals surface area (Å²) >= 11 is 3.13. The van der Waals surface area contributed by atoms with Crippen molar-refractivity contribution in [2.24, 2.45) is 0 Å². The van der Waals surface area contributed by atoms with Gasteiger partial charge in [0, 0.05) is 16.8 Å². The van der Waals surface area contributed by atoms with Gasteiger partial charge in [-0.1, -0.05) is 6.92 Å². The topological polar surface area (TPSA) is 63.8 Å². The van der Waals surface area contributed by atoms with Crippen molar-refractivity contribution in [3.63, 3.8) is 0 Å². The SMILES string of the molecule is CCNc1nc(Sc2ncco2)c2cc(CC)sc2n1. The fourth-order valence-corrected chi connectivity index (χ4v) is 3.59. The predicted molar refractivity (Wildman–Crippen MR) is 81.6 cm³/mol. The van der Waals surface area contributed by atoms with Gasteiger partial charge in [-0.2, -0.15) is 0 Å². The molecule has 7 heteroatoms. The highest BCUT2D eigenvalue weighted by molar-refractivity contribution is 7.99. The second-order valence-corrected chi connectivity index (χ2v) is 6.12. The molecule has 0 aliphatic heterocycles. The van der Waals surface area contributed by atoms with Gasteiger partial charge in [0.25, 0.3) is 5.22 Å². The second kappa shape index (κ2) is 5.80. The molecule has 3 aromatic rings. The molecule has 0 aliphatic carbocycles. The summed E-state index contributed by atoms with van der Waals surface area (Å²) in [5.41, 5.74) is 0. The Kier molecular flexibility index (Phi) is 3.88. The number of anilines is 1. The predicted octanol–water partition coefficient (Wildman–Crippen LogP) is 3.82. The highest BCUT2D eigenvalue weighted by atomic mass is 32.2. The van der Waals surface area contributed by atoms with E-state index in [1.807, 2.05) is 6.92 Å². The summed E-state index contributed by atoms with van der Waals surface area (Å²) < 4.78 is 5.29. The first-order chi connectivity index (χ1) is 9.80. The van der Waals surface area contributed by atoms with Gasteiger partial charge in [0.15, 0.2) is 0 Å². The highest BCUT2D eigenvalue weighted by Crippen LogP contribution is 2.35. The van der Waals surface area contributed by atoms with E-state index in [0.29, 0.717) is 11.2 Å². The number of rotatable bonds is 5. The number of oxazole rings is 1. The molecule has 0 unspecified atom stereocenters. The normalized spacial score (nSPS) is 11.1. The molecule has 3 heterocycles. The van der Waals surface area contributed by atoms with Crippen molar-refractivity contribution in [2.75, 3.05) is 11.9 Å². The summed E-state index contributed by atoms with van der Waals surface area (Å²) in [6.07, 6.45) is 4.20. The zero-order chi connectivity index (χ0) is 13.9.